The lowest BCUT2D eigenvalue weighted by Gasteiger charge is -2.34. The van der Waals surface area contributed by atoms with Gasteiger partial charge in [0, 0.05) is 42.1 Å². The van der Waals surface area contributed by atoms with Crippen LogP contribution in [0.5, 0.6) is 5.75 Å². The predicted molar refractivity (Wildman–Crippen MR) is 131 cm³/mol. The molecule has 0 saturated carbocycles. The molecule has 0 amide bonds. The molecule has 1 saturated heterocycles. The molecule has 0 radical (unpaired) electrons. The number of anilines is 1. The Kier molecular flexibility index (Phi) is 7.05. The number of piperazine rings is 1. The van der Waals surface area contributed by atoms with Crippen LogP contribution >= 0.6 is 22.9 Å². The van der Waals surface area contributed by atoms with Crippen molar-refractivity contribution >= 4 is 38.1 Å². The van der Waals surface area contributed by atoms with Crippen molar-refractivity contribution in [1.82, 2.24) is 9.29 Å². The van der Waals surface area contributed by atoms with E-state index in [4.69, 9.17) is 21.3 Å². The molecule has 9 heteroatoms. The summed E-state index contributed by atoms with van der Waals surface area (Å²) in [5, 5.41) is 3.33. The van der Waals surface area contributed by atoms with Gasteiger partial charge in [0.05, 0.1) is 12.8 Å². The van der Waals surface area contributed by atoms with Crippen molar-refractivity contribution in [2.24, 2.45) is 0 Å². The monoisotopic (exact) mass is 491 g/mol. The first-order chi connectivity index (χ1) is 15.4. The van der Waals surface area contributed by atoms with Crippen LogP contribution in [0.4, 0.5) is 5.13 Å². The number of methoxy groups -OCH3 is 1. The SMILES string of the molecule is CCCc1ccc(-c2csc(N3CCN(S(=O)(=O)c4cc(Cl)ccc4OC)CC3)n2)cc1. The summed E-state index contributed by atoms with van der Waals surface area (Å²) in [6.07, 6.45) is 2.21. The van der Waals surface area contributed by atoms with E-state index in [-0.39, 0.29) is 4.90 Å². The second-order valence-corrected chi connectivity index (χ2v) is 10.8. The summed E-state index contributed by atoms with van der Waals surface area (Å²) in [6.45, 7) is 4.07. The summed E-state index contributed by atoms with van der Waals surface area (Å²) in [7, 11) is -2.24. The zero-order valence-corrected chi connectivity index (χ0v) is 20.5. The maximum atomic E-state index is 13.2. The van der Waals surface area contributed by atoms with Gasteiger partial charge in [-0.25, -0.2) is 13.4 Å². The normalized spacial score (nSPS) is 15.2. The van der Waals surface area contributed by atoms with Crippen LogP contribution < -0.4 is 9.64 Å². The lowest BCUT2D eigenvalue weighted by molar-refractivity contribution is 0.374. The average molecular weight is 492 g/mol. The van der Waals surface area contributed by atoms with Crippen molar-refractivity contribution in [3.63, 3.8) is 0 Å². The van der Waals surface area contributed by atoms with Gasteiger partial charge in [0.2, 0.25) is 10.0 Å². The second kappa shape index (κ2) is 9.79. The van der Waals surface area contributed by atoms with Crippen molar-refractivity contribution in [1.29, 1.82) is 0 Å². The molecule has 1 aromatic heterocycles. The third kappa shape index (κ3) is 4.78. The van der Waals surface area contributed by atoms with E-state index in [1.54, 1.807) is 23.5 Å². The zero-order chi connectivity index (χ0) is 22.7. The number of rotatable bonds is 7. The molecule has 0 N–H and O–H groups in total. The number of nitrogens with zero attached hydrogens (tertiary/aromatic N) is 3. The van der Waals surface area contributed by atoms with E-state index in [1.165, 1.54) is 23.0 Å². The van der Waals surface area contributed by atoms with Crippen molar-refractivity contribution in [3.8, 4) is 17.0 Å². The molecule has 0 unspecified atom stereocenters. The molecule has 0 aliphatic carbocycles. The molecule has 32 heavy (non-hydrogen) atoms. The lowest BCUT2D eigenvalue weighted by atomic mass is 10.1. The smallest absolute Gasteiger partial charge is 0.246 e. The largest absolute Gasteiger partial charge is 0.495 e. The van der Waals surface area contributed by atoms with E-state index < -0.39 is 10.0 Å². The van der Waals surface area contributed by atoms with Gasteiger partial charge in [-0.05, 0) is 30.2 Å². The maximum Gasteiger partial charge on any atom is 0.246 e. The highest BCUT2D eigenvalue weighted by molar-refractivity contribution is 7.89. The van der Waals surface area contributed by atoms with Crippen LogP contribution in [0.25, 0.3) is 11.3 Å². The van der Waals surface area contributed by atoms with Crippen LogP contribution in [0, 0.1) is 0 Å². The van der Waals surface area contributed by atoms with Gasteiger partial charge in [-0.2, -0.15) is 4.31 Å². The Morgan fingerprint density at radius 2 is 1.81 bits per heavy atom. The lowest BCUT2D eigenvalue weighted by Crippen LogP contribution is -2.48. The molecule has 4 rings (SSSR count). The van der Waals surface area contributed by atoms with E-state index in [1.807, 2.05) is 0 Å². The summed E-state index contributed by atoms with van der Waals surface area (Å²) in [4.78, 5) is 7.04. The topological polar surface area (TPSA) is 62.7 Å². The fourth-order valence-electron chi connectivity index (χ4n) is 3.78. The number of sulfonamides is 1. The molecule has 0 spiro atoms. The third-order valence-corrected chi connectivity index (χ3v) is 8.59. The van der Waals surface area contributed by atoms with Gasteiger partial charge in [0.15, 0.2) is 5.13 Å². The maximum absolute atomic E-state index is 13.2. The van der Waals surface area contributed by atoms with Crippen molar-refractivity contribution in [3.05, 3.63) is 58.4 Å². The number of hydrogen-bond donors (Lipinski definition) is 0. The summed E-state index contributed by atoms with van der Waals surface area (Å²) in [6, 6.07) is 13.2. The molecule has 1 aliphatic heterocycles. The molecule has 3 aromatic rings. The van der Waals surface area contributed by atoms with E-state index in [0.717, 1.165) is 29.2 Å². The minimum absolute atomic E-state index is 0.101. The second-order valence-electron chi connectivity index (χ2n) is 7.65. The molecule has 1 aliphatic rings. The Labute approximate surface area is 198 Å². The number of ether oxygens (including phenoxy) is 1. The first-order valence-corrected chi connectivity index (χ1v) is 13.3. The average Bonchev–Trinajstić information content (AvgIpc) is 3.30. The number of aromatic nitrogens is 1. The van der Waals surface area contributed by atoms with Gasteiger partial charge >= 0.3 is 0 Å². The molecule has 0 bridgehead atoms. The minimum Gasteiger partial charge on any atom is -0.495 e. The highest BCUT2D eigenvalue weighted by Crippen LogP contribution is 2.32. The highest BCUT2D eigenvalue weighted by Gasteiger charge is 2.31. The standard InChI is InChI=1S/C23H26ClN3O3S2/c1-3-4-17-5-7-18(8-6-17)20-16-31-23(25-20)26-11-13-27(14-12-26)32(28,29)22-15-19(24)9-10-21(22)30-2/h5-10,15-16H,3-4,11-14H2,1-2H3. The summed E-state index contributed by atoms with van der Waals surface area (Å²) in [5.74, 6) is 0.298. The zero-order valence-electron chi connectivity index (χ0n) is 18.1. The Morgan fingerprint density at radius 1 is 1.09 bits per heavy atom. The molecule has 2 aromatic carbocycles. The Bertz CT molecular complexity index is 1170. The number of thiazole rings is 1. The van der Waals surface area contributed by atoms with Crippen LogP contribution in [0.1, 0.15) is 18.9 Å². The minimum atomic E-state index is -3.70. The first-order valence-electron chi connectivity index (χ1n) is 10.6. The summed E-state index contributed by atoms with van der Waals surface area (Å²) < 4.78 is 33.1. The van der Waals surface area contributed by atoms with Crippen LogP contribution in [-0.4, -0.2) is 51.0 Å². The fourth-order valence-corrected chi connectivity index (χ4v) is 6.51. The van der Waals surface area contributed by atoms with Crippen LogP contribution in [0.2, 0.25) is 5.02 Å². The molecule has 6 nitrogen and oxygen atoms in total. The highest BCUT2D eigenvalue weighted by atomic mass is 35.5. The van der Waals surface area contributed by atoms with E-state index in [9.17, 15) is 8.42 Å². The van der Waals surface area contributed by atoms with Gasteiger partial charge in [0.1, 0.15) is 10.6 Å². The van der Waals surface area contributed by atoms with Crippen molar-refractivity contribution in [2.75, 3.05) is 38.2 Å². The molecular weight excluding hydrogens is 466 g/mol. The Morgan fingerprint density at radius 3 is 2.47 bits per heavy atom. The Hall–Kier alpha value is -2.13. The molecule has 170 valence electrons. The summed E-state index contributed by atoms with van der Waals surface area (Å²) >= 11 is 7.63. The predicted octanol–water partition coefficient (Wildman–Crippen LogP) is 4.94. The van der Waals surface area contributed by atoms with Crippen LogP contribution in [0.3, 0.4) is 0 Å². The van der Waals surface area contributed by atoms with Gasteiger partial charge in [-0.3, -0.25) is 0 Å². The molecular formula is C23H26ClN3O3S2. The molecule has 0 atom stereocenters. The number of halogens is 1. The fraction of sp³-hybridized carbons (Fsp3) is 0.348. The third-order valence-electron chi connectivity index (χ3n) is 5.53. The van der Waals surface area contributed by atoms with Crippen LogP contribution in [-0.2, 0) is 16.4 Å². The summed E-state index contributed by atoms with van der Waals surface area (Å²) in [5.41, 5.74) is 3.38. The van der Waals surface area contributed by atoms with Crippen molar-refractivity contribution in [2.45, 2.75) is 24.7 Å². The Balaban J connectivity index is 1.45. The van der Waals surface area contributed by atoms with Gasteiger partial charge in [0.25, 0.3) is 0 Å². The molecule has 1 fully saturated rings. The van der Waals surface area contributed by atoms with Gasteiger partial charge < -0.3 is 9.64 Å². The van der Waals surface area contributed by atoms with Gasteiger partial charge in [-0.1, -0.05) is 49.2 Å². The van der Waals surface area contributed by atoms with Crippen molar-refractivity contribution < 1.29 is 13.2 Å². The number of aryl methyl sites for hydroxylation is 1. The molecule has 2 heterocycles. The van der Waals surface area contributed by atoms with E-state index in [2.05, 4.69) is 41.5 Å². The van der Waals surface area contributed by atoms with E-state index >= 15 is 0 Å². The number of hydrogen-bond acceptors (Lipinski definition) is 6. The quantitative estimate of drug-likeness (QED) is 0.468. The van der Waals surface area contributed by atoms with Gasteiger partial charge in [-0.15, -0.1) is 11.3 Å². The van der Waals surface area contributed by atoms with E-state index in [0.29, 0.717) is 37.0 Å². The number of benzene rings is 2. The first kappa shape index (κ1) is 23.0. The van der Waals surface area contributed by atoms with Crippen LogP contribution in [0.15, 0.2) is 52.7 Å².